The van der Waals surface area contributed by atoms with Gasteiger partial charge in [0.1, 0.15) is 0 Å². The zero-order valence-corrected chi connectivity index (χ0v) is 15.5. The van der Waals surface area contributed by atoms with Crippen LogP contribution in [0.2, 0.25) is 5.31 Å². The molecule has 0 unspecified atom stereocenters. The molecule has 4 heteroatoms. The van der Waals surface area contributed by atoms with Gasteiger partial charge in [0.25, 0.3) is 0 Å². The zero-order chi connectivity index (χ0) is 18.5. The molecule has 0 spiro atoms. The molecule has 131 valence electrons. The first kappa shape index (κ1) is 17.0. The Morgan fingerprint density at radius 2 is 1.27 bits per heavy atom. The Morgan fingerprint density at radius 1 is 0.731 bits per heavy atom. The predicted octanol–water partition coefficient (Wildman–Crippen LogP) is 5.04. The number of hydrogen-bond acceptors (Lipinski definition) is 3. The molecule has 1 aliphatic heterocycles. The highest BCUT2D eigenvalue weighted by Gasteiger charge is 2.36. The van der Waals surface area contributed by atoms with E-state index in [4.69, 9.17) is 9.47 Å². The summed E-state index contributed by atoms with van der Waals surface area (Å²) in [7, 11) is 2.06. The minimum Gasteiger partial charge on any atom is -0.450 e. The van der Waals surface area contributed by atoms with E-state index in [1.165, 1.54) is 0 Å². The maximum absolute atomic E-state index is 10.4. The Labute approximate surface area is 154 Å². The van der Waals surface area contributed by atoms with Crippen molar-refractivity contribution < 1.29 is 14.6 Å². The quantitative estimate of drug-likeness (QED) is 0.529. The first-order valence-corrected chi connectivity index (χ1v) is 8.84. The normalized spacial score (nSPS) is 13.4. The summed E-state index contributed by atoms with van der Waals surface area (Å²) in [5.41, 5.74) is 0.162. The number of fused-ring (bicyclic) bond motifs is 3. The lowest BCUT2D eigenvalue weighted by molar-refractivity contribution is 0.0410. The van der Waals surface area contributed by atoms with Crippen molar-refractivity contribution in [3.63, 3.8) is 0 Å². The third-order valence-corrected chi connectivity index (χ3v) is 5.32. The van der Waals surface area contributed by atoms with Crippen molar-refractivity contribution in [2.75, 3.05) is 0 Å². The van der Waals surface area contributed by atoms with Crippen LogP contribution in [0, 0.1) is 0 Å². The second kappa shape index (κ2) is 5.78. The molecule has 0 amide bonds. The highest BCUT2D eigenvalue weighted by molar-refractivity contribution is 6.57. The van der Waals surface area contributed by atoms with Gasteiger partial charge in [-0.2, -0.15) is 0 Å². The van der Waals surface area contributed by atoms with Gasteiger partial charge in [-0.25, -0.2) is 0 Å². The predicted molar refractivity (Wildman–Crippen MR) is 106 cm³/mol. The second-order valence-electron chi connectivity index (χ2n) is 7.98. The highest BCUT2D eigenvalue weighted by atomic mass is 16.6. The fraction of sp³-hybridized carbons (Fsp3) is 0.273. The molecule has 4 rings (SSSR count). The molecule has 0 saturated heterocycles. The number of benzene rings is 3. The molecule has 1 heterocycles. The Kier molecular flexibility index (Phi) is 3.78. The lowest BCUT2D eigenvalue weighted by atomic mass is 9.45. The van der Waals surface area contributed by atoms with Crippen molar-refractivity contribution in [1.82, 2.24) is 0 Å². The molecule has 0 aromatic heterocycles. The molecule has 0 fully saturated rings. The topological polar surface area (TPSA) is 38.7 Å². The minimum atomic E-state index is -0.828. The lowest BCUT2D eigenvalue weighted by Crippen LogP contribution is -2.41. The monoisotopic (exact) mass is 345 g/mol. The van der Waals surface area contributed by atoms with Crippen LogP contribution in [0.5, 0.6) is 23.0 Å². The van der Waals surface area contributed by atoms with Gasteiger partial charge in [0.2, 0.25) is 0 Å². The van der Waals surface area contributed by atoms with Gasteiger partial charge >= 0.3 is 0 Å². The van der Waals surface area contributed by atoms with E-state index < -0.39 is 5.60 Å². The third-order valence-electron chi connectivity index (χ3n) is 5.32. The van der Waals surface area contributed by atoms with Crippen LogP contribution in [0.1, 0.15) is 27.7 Å². The molecule has 1 radical (unpaired) electrons. The molecular weight excluding hydrogens is 323 g/mol. The molecular formula is C22H22BO3. The molecule has 1 aliphatic rings. The van der Waals surface area contributed by atoms with Crippen LogP contribution < -0.4 is 14.9 Å². The van der Waals surface area contributed by atoms with Gasteiger partial charge in [0, 0.05) is 0 Å². The lowest BCUT2D eigenvalue weighted by Gasteiger charge is -2.37. The Hall–Kier alpha value is -2.46. The molecule has 0 atom stereocenters. The van der Waals surface area contributed by atoms with Crippen molar-refractivity contribution in [3.05, 3.63) is 54.6 Å². The van der Waals surface area contributed by atoms with Gasteiger partial charge in [-0.1, -0.05) is 49.6 Å². The summed E-state index contributed by atoms with van der Waals surface area (Å²) in [4.78, 5) is 0. The van der Waals surface area contributed by atoms with Crippen LogP contribution in [-0.4, -0.2) is 18.0 Å². The van der Waals surface area contributed by atoms with E-state index in [2.05, 4.69) is 19.4 Å². The van der Waals surface area contributed by atoms with Gasteiger partial charge in [-0.05, 0) is 54.2 Å². The van der Waals surface area contributed by atoms with E-state index in [-0.39, 0.29) is 5.31 Å². The molecule has 1 N–H and O–H groups in total. The van der Waals surface area contributed by atoms with Gasteiger partial charge in [0.15, 0.2) is 30.3 Å². The number of rotatable bonds is 3. The van der Waals surface area contributed by atoms with E-state index in [9.17, 15) is 5.11 Å². The van der Waals surface area contributed by atoms with Gasteiger partial charge in [-0.3, -0.25) is 0 Å². The Morgan fingerprint density at radius 3 is 1.85 bits per heavy atom. The fourth-order valence-electron chi connectivity index (χ4n) is 2.97. The van der Waals surface area contributed by atoms with E-state index in [0.29, 0.717) is 11.5 Å². The molecule has 0 bridgehead atoms. The smallest absolute Gasteiger partial charge is 0.170 e. The van der Waals surface area contributed by atoms with Crippen molar-refractivity contribution in [3.8, 4) is 23.0 Å². The maximum Gasteiger partial charge on any atom is 0.170 e. The maximum atomic E-state index is 10.4. The first-order chi connectivity index (χ1) is 12.2. The van der Waals surface area contributed by atoms with Crippen LogP contribution in [0.25, 0.3) is 10.8 Å². The van der Waals surface area contributed by atoms with E-state index in [1.807, 2.05) is 70.2 Å². The molecule has 0 aliphatic carbocycles. The minimum absolute atomic E-state index is 0.384. The third kappa shape index (κ3) is 2.95. The number of ether oxygens (including phenoxy) is 2. The Balaban J connectivity index is 1.67. The highest BCUT2D eigenvalue weighted by Crippen LogP contribution is 2.46. The standard InChI is InChI=1S/C22H22BO3/c1-21(2,22(3,4)24)23-16-9-10-17-20(13-16)26-19-12-15-8-6-5-7-14(15)11-18(19)25-17/h5-13,24H,1-4H3. The van der Waals surface area contributed by atoms with E-state index >= 15 is 0 Å². The van der Waals surface area contributed by atoms with Crippen LogP contribution in [-0.2, 0) is 0 Å². The number of hydrogen-bond donors (Lipinski definition) is 1. The fourth-order valence-corrected chi connectivity index (χ4v) is 2.97. The summed E-state index contributed by atoms with van der Waals surface area (Å²) in [5.74, 6) is 2.83. The van der Waals surface area contributed by atoms with Gasteiger partial charge in [0.05, 0.1) is 5.60 Å². The summed E-state index contributed by atoms with van der Waals surface area (Å²) in [6.07, 6.45) is 0. The van der Waals surface area contributed by atoms with E-state index in [1.54, 1.807) is 0 Å². The van der Waals surface area contributed by atoms with Crippen molar-refractivity contribution in [2.45, 2.75) is 38.6 Å². The summed E-state index contributed by atoms with van der Waals surface area (Å²) in [6, 6.07) is 18.0. The van der Waals surface area contributed by atoms with Gasteiger partial charge < -0.3 is 14.6 Å². The molecule has 0 saturated carbocycles. The van der Waals surface area contributed by atoms with Crippen LogP contribution in [0.3, 0.4) is 0 Å². The summed E-state index contributed by atoms with van der Waals surface area (Å²) < 4.78 is 12.2. The zero-order valence-electron chi connectivity index (χ0n) is 15.5. The Bertz CT molecular complexity index is 986. The second-order valence-corrected chi connectivity index (χ2v) is 7.98. The van der Waals surface area contributed by atoms with Crippen molar-refractivity contribution in [1.29, 1.82) is 0 Å². The molecule has 26 heavy (non-hydrogen) atoms. The SMILES string of the molecule is CC(C)(O)C(C)(C)[B]c1ccc2c(c1)Oc1cc3ccccc3cc1O2. The van der Waals surface area contributed by atoms with Gasteiger partial charge in [-0.15, -0.1) is 0 Å². The molecule has 3 aromatic rings. The van der Waals surface area contributed by atoms with Crippen molar-refractivity contribution >= 4 is 23.5 Å². The molecule has 3 nitrogen and oxygen atoms in total. The number of aliphatic hydroxyl groups is 1. The summed E-state index contributed by atoms with van der Waals surface area (Å²) in [6.45, 7) is 7.68. The molecule has 3 aromatic carbocycles. The van der Waals surface area contributed by atoms with Crippen molar-refractivity contribution in [2.24, 2.45) is 0 Å². The first-order valence-electron chi connectivity index (χ1n) is 8.84. The van der Waals surface area contributed by atoms with E-state index in [0.717, 1.165) is 27.7 Å². The average Bonchev–Trinajstić information content (AvgIpc) is 2.56. The summed E-state index contributed by atoms with van der Waals surface area (Å²) >= 11 is 0. The largest absolute Gasteiger partial charge is 0.450 e. The summed E-state index contributed by atoms with van der Waals surface area (Å²) in [5, 5.41) is 12.2. The van der Waals surface area contributed by atoms with Crippen LogP contribution in [0.4, 0.5) is 0 Å². The van der Waals surface area contributed by atoms with Crippen LogP contribution in [0.15, 0.2) is 54.6 Å². The van der Waals surface area contributed by atoms with Crippen LogP contribution >= 0.6 is 0 Å². The average molecular weight is 345 g/mol.